The molecule has 4 aromatic rings. The number of aryl methyl sites for hydroxylation is 2. The van der Waals surface area contributed by atoms with Crippen LogP contribution in [0.2, 0.25) is 0 Å². The van der Waals surface area contributed by atoms with Crippen molar-refractivity contribution in [1.82, 2.24) is 14.7 Å². The van der Waals surface area contributed by atoms with Crippen LogP contribution in [0, 0.1) is 19.7 Å². The molecule has 1 atom stereocenters. The molecule has 2 aromatic heterocycles. The van der Waals surface area contributed by atoms with Crippen molar-refractivity contribution in [2.24, 2.45) is 0 Å². The Morgan fingerprint density at radius 2 is 1.94 bits per heavy atom. The molecular weight excluding hydrogens is 484 g/mol. The maximum Gasteiger partial charge on any atom is 0.453 e. The van der Waals surface area contributed by atoms with Crippen LogP contribution in [0.4, 0.5) is 32.3 Å². The lowest BCUT2D eigenvalue weighted by molar-refractivity contribution is 0.202. The minimum atomic E-state index is -2.94. The minimum absolute atomic E-state index is 0.0779. The van der Waals surface area contributed by atoms with E-state index in [4.69, 9.17) is 18.9 Å². The van der Waals surface area contributed by atoms with Gasteiger partial charge in [0.25, 0.3) is 0 Å². The van der Waals surface area contributed by atoms with Crippen LogP contribution >= 0.6 is 8.38 Å². The van der Waals surface area contributed by atoms with Crippen LogP contribution < -0.4 is 25.8 Å². The van der Waals surface area contributed by atoms with Crippen molar-refractivity contribution < 1.29 is 33.0 Å². The molecule has 0 spiro atoms. The summed E-state index contributed by atoms with van der Waals surface area (Å²) in [6.07, 6.45) is 1.58. The van der Waals surface area contributed by atoms with E-state index >= 15 is 0 Å². The van der Waals surface area contributed by atoms with Gasteiger partial charge in [-0.05, 0) is 43.7 Å². The molecule has 0 radical (unpaired) electrons. The first-order chi connectivity index (χ1) is 16.7. The Labute approximate surface area is 197 Å². The average Bonchev–Trinajstić information content (AvgIpc) is 3.12. The Bertz CT molecular complexity index is 1490. The van der Waals surface area contributed by atoms with Gasteiger partial charge < -0.3 is 34.4 Å². The van der Waals surface area contributed by atoms with Gasteiger partial charge in [-0.25, -0.2) is 19.0 Å². The first-order valence-electron chi connectivity index (χ1n) is 9.94. The number of nitrogens with zero attached hydrogens (tertiary/aromatic N) is 3. The largest absolute Gasteiger partial charge is 0.494 e. The van der Waals surface area contributed by atoms with Gasteiger partial charge in [-0.3, -0.25) is 0 Å². The molecule has 2 heterocycles. The predicted octanol–water partition coefficient (Wildman–Crippen LogP) is 4.05. The number of hydrogen-bond donors (Lipinski definition) is 4. The van der Waals surface area contributed by atoms with E-state index in [1.807, 2.05) is 0 Å². The van der Waals surface area contributed by atoms with Gasteiger partial charge in [0.2, 0.25) is 5.95 Å². The van der Waals surface area contributed by atoms with E-state index < -0.39 is 25.7 Å². The molecule has 4 N–H and O–H groups in total. The molecule has 182 valence electrons. The minimum Gasteiger partial charge on any atom is -0.494 e. The van der Waals surface area contributed by atoms with Crippen LogP contribution in [0.1, 0.15) is 11.1 Å². The maximum atomic E-state index is 14.1. The summed E-state index contributed by atoms with van der Waals surface area (Å²) in [6.45, 7) is 3.39. The Morgan fingerprint density at radius 3 is 2.66 bits per heavy atom. The normalized spacial score (nSPS) is 11.8. The van der Waals surface area contributed by atoms with Crippen molar-refractivity contribution in [2.45, 2.75) is 13.8 Å². The predicted molar refractivity (Wildman–Crippen MR) is 125 cm³/mol. The number of benzene rings is 2. The van der Waals surface area contributed by atoms with Crippen LogP contribution in [0.15, 0.2) is 45.7 Å². The third-order valence-electron chi connectivity index (χ3n) is 4.80. The molecule has 2 aromatic carbocycles. The van der Waals surface area contributed by atoms with Crippen molar-refractivity contribution in [1.29, 1.82) is 0 Å². The molecule has 0 saturated carbocycles. The number of methoxy groups -OCH3 is 1. The summed E-state index contributed by atoms with van der Waals surface area (Å²) in [6, 6.07) is 7.62. The van der Waals surface area contributed by atoms with E-state index in [1.54, 1.807) is 32.2 Å². The number of rotatable bonds is 8. The number of carbonyl (C=O) groups is 1. The highest BCUT2D eigenvalue weighted by atomic mass is 31.2. The number of carboxylic acid groups (broad SMARTS) is 1. The van der Waals surface area contributed by atoms with Crippen molar-refractivity contribution in [2.75, 3.05) is 17.7 Å². The highest BCUT2D eigenvalue weighted by molar-refractivity contribution is 7.64. The van der Waals surface area contributed by atoms with Gasteiger partial charge in [0.05, 0.1) is 7.11 Å². The summed E-state index contributed by atoms with van der Waals surface area (Å²) < 4.78 is 29.5. The van der Waals surface area contributed by atoms with Crippen molar-refractivity contribution in [3.63, 3.8) is 0 Å². The topological polar surface area (TPSA) is 161 Å². The average molecular weight is 503 g/mol. The zero-order valence-electron chi connectivity index (χ0n) is 18.6. The third kappa shape index (κ3) is 5.00. The Kier molecular flexibility index (Phi) is 6.54. The van der Waals surface area contributed by atoms with Gasteiger partial charge >= 0.3 is 19.8 Å². The van der Waals surface area contributed by atoms with E-state index in [1.165, 1.54) is 25.3 Å². The zero-order valence-corrected chi connectivity index (χ0v) is 19.5. The quantitative estimate of drug-likeness (QED) is 0.257. The molecule has 0 aliphatic carbocycles. The SMILES string of the molecule is COc1cc(Nc2ncc(C)c(Nc3ccc4oc(=O)n(OP(O)C(=O)O)c4c3)n2)cc(C)c1F. The number of hydrogen-bond acceptors (Lipinski definition) is 10. The molecule has 35 heavy (non-hydrogen) atoms. The van der Waals surface area contributed by atoms with E-state index in [-0.39, 0.29) is 22.8 Å². The van der Waals surface area contributed by atoms with E-state index in [2.05, 4.69) is 20.6 Å². The maximum absolute atomic E-state index is 14.1. The van der Waals surface area contributed by atoms with Crippen LogP contribution in [0.5, 0.6) is 5.75 Å². The van der Waals surface area contributed by atoms with Crippen LogP contribution in [0.25, 0.3) is 11.1 Å². The summed E-state index contributed by atoms with van der Waals surface area (Å²) >= 11 is 0. The van der Waals surface area contributed by atoms with Gasteiger partial charge in [-0.1, -0.05) is 0 Å². The Balaban J connectivity index is 1.62. The van der Waals surface area contributed by atoms with E-state index in [0.29, 0.717) is 33.0 Å². The van der Waals surface area contributed by atoms with Crippen LogP contribution in [-0.4, -0.2) is 37.5 Å². The second-order valence-electron chi connectivity index (χ2n) is 7.27. The standard InChI is InChI=1S/C21H19FN5O7P/c1-10-6-13(8-16(32-3)17(10)22)25-19-23-9-11(2)18(26-19)24-12-4-5-15-14(7-12)27(20(28)33-15)34-35(31)21(29)30/h4-9,31H,1-3H3,(H,29,30)(H2,23,24,25,26). The molecule has 0 saturated heterocycles. The van der Waals surface area contributed by atoms with Crippen LogP contribution in [-0.2, 0) is 0 Å². The first kappa shape index (κ1) is 23.9. The summed E-state index contributed by atoms with van der Waals surface area (Å²) in [5.41, 5.74) is 0.665. The molecule has 0 aliphatic heterocycles. The Hall–Kier alpha value is -4.22. The fraction of sp³-hybridized carbons (Fsp3) is 0.143. The molecule has 14 heteroatoms. The van der Waals surface area contributed by atoms with E-state index in [9.17, 15) is 18.9 Å². The van der Waals surface area contributed by atoms with E-state index in [0.717, 1.165) is 0 Å². The Morgan fingerprint density at radius 1 is 1.17 bits per heavy atom. The van der Waals surface area contributed by atoms with Gasteiger partial charge in [0.15, 0.2) is 17.1 Å². The first-order valence-corrected chi connectivity index (χ1v) is 11.2. The number of nitrogens with one attached hydrogen (secondary N) is 2. The highest BCUT2D eigenvalue weighted by Crippen LogP contribution is 2.30. The van der Waals surface area contributed by atoms with Crippen molar-refractivity contribution in [3.8, 4) is 5.75 Å². The fourth-order valence-corrected chi connectivity index (χ4v) is 3.50. The summed E-state index contributed by atoms with van der Waals surface area (Å²) in [4.78, 5) is 41.1. The molecule has 0 aliphatic rings. The van der Waals surface area contributed by atoms with Crippen molar-refractivity contribution >= 4 is 48.3 Å². The highest BCUT2D eigenvalue weighted by Gasteiger charge is 2.22. The molecule has 0 fully saturated rings. The molecule has 1 unspecified atom stereocenters. The summed E-state index contributed by atoms with van der Waals surface area (Å²) in [5.74, 6) is -0.729. The van der Waals surface area contributed by atoms with Crippen LogP contribution in [0.3, 0.4) is 0 Å². The number of halogens is 1. The molecule has 12 nitrogen and oxygen atoms in total. The summed E-state index contributed by atoms with van der Waals surface area (Å²) in [5, 5.41) is 15.0. The lowest BCUT2D eigenvalue weighted by atomic mass is 10.2. The molecular formula is C21H19FN5O7P. The number of fused-ring (bicyclic) bond motifs is 1. The fourth-order valence-electron chi connectivity index (χ4n) is 3.12. The van der Waals surface area contributed by atoms with Gasteiger partial charge in [0.1, 0.15) is 11.3 Å². The third-order valence-corrected chi connectivity index (χ3v) is 5.44. The number of ether oxygens (including phenoxy) is 1. The van der Waals surface area contributed by atoms with Gasteiger partial charge in [-0.2, -0.15) is 4.98 Å². The molecule has 0 amide bonds. The molecule has 4 rings (SSSR count). The monoisotopic (exact) mass is 503 g/mol. The summed E-state index contributed by atoms with van der Waals surface area (Å²) in [7, 11) is -1.57. The number of anilines is 4. The second-order valence-corrected chi connectivity index (χ2v) is 8.36. The van der Waals surface area contributed by atoms with Gasteiger partial charge in [0, 0.05) is 29.2 Å². The van der Waals surface area contributed by atoms with Crippen molar-refractivity contribution in [3.05, 3.63) is 64.0 Å². The lowest BCUT2D eigenvalue weighted by Crippen LogP contribution is -2.21. The lowest BCUT2D eigenvalue weighted by Gasteiger charge is -2.13. The zero-order chi connectivity index (χ0) is 25.3. The number of aromatic nitrogens is 3. The molecule has 0 bridgehead atoms. The smallest absolute Gasteiger partial charge is 0.453 e. The second kappa shape index (κ2) is 9.57. The number of oxazole rings is 1. The van der Waals surface area contributed by atoms with Gasteiger partial charge in [-0.15, -0.1) is 4.73 Å².